The Hall–Kier alpha value is -0.430. The summed E-state index contributed by atoms with van der Waals surface area (Å²) in [5.41, 5.74) is 0. The smallest absolute Gasteiger partial charge is 0.176 e. The van der Waals surface area contributed by atoms with E-state index in [9.17, 15) is 21.6 Å². The van der Waals surface area contributed by atoms with E-state index in [1.807, 2.05) is 0 Å². The molecule has 14 heavy (non-hydrogen) atoms. The van der Waals surface area contributed by atoms with E-state index in [0.29, 0.717) is 0 Å². The van der Waals surface area contributed by atoms with Crippen LogP contribution in [0.5, 0.6) is 0 Å². The molecule has 0 fully saturated rings. The van der Waals surface area contributed by atoms with Crippen molar-refractivity contribution in [3.8, 4) is 0 Å². The van der Waals surface area contributed by atoms with Crippen LogP contribution in [-0.2, 0) is 24.5 Å². The van der Waals surface area contributed by atoms with Gasteiger partial charge in [0.2, 0.25) is 0 Å². The van der Waals surface area contributed by atoms with Crippen LogP contribution in [0.3, 0.4) is 0 Å². The maximum atomic E-state index is 11.4. The van der Waals surface area contributed by atoms with E-state index in [1.165, 1.54) is 6.92 Å². The first-order chi connectivity index (χ1) is 6.12. The van der Waals surface area contributed by atoms with E-state index in [4.69, 9.17) is 0 Å². The highest BCUT2D eigenvalue weighted by Crippen LogP contribution is 2.24. The van der Waals surface area contributed by atoms with Gasteiger partial charge in [-0.25, -0.2) is 16.8 Å². The van der Waals surface area contributed by atoms with Gasteiger partial charge in [-0.3, -0.25) is 0 Å². The zero-order valence-electron chi connectivity index (χ0n) is 8.35. The number of aldehydes is 1. The molecule has 84 valence electrons. The van der Waals surface area contributed by atoms with Gasteiger partial charge >= 0.3 is 0 Å². The van der Waals surface area contributed by atoms with Crippen molar-refractivity contribution in [2.75, 3.05) is 11.5 Å². The molecule has 0 bridgehead atoms. The summed E-state index contributed by atoms with van der Waals surface area (Å²) in [6.07, 6.45) is 0.197. The summed E-state index contributed by atoms with van der Waals surface area (Å²) < 4.78 is 43.9. The monoisotopic (exact) mass is 242 g/mol. The van der Waals surface area contributed by atoms with Gasteiger partial charge in [0.15, 0.2) is 23.8 Å². The molecule has 0 aliphatic rings. The third-order valence-corrected chi connectivity index (χ3v) is 8.02. The number of carbonyl (C=O) groups excluding carboxylic acids is 1. The fourth-order valence-electron chi connectivity index (χ4n) is 0.831. The summed E-state index contributed by atoms with van der Waals surface area (Å²) in [7, 11) is -7.66. The van der Waals surface area contributed by atoms with Crippen molar-refractivity contribution in [2.45, 2.75) is 24.9 Å². The molecule has 0 aliphatic carbocycles. The number of hydrogen-bond donors (Lipinski definition) is 0. The average molecular weight is 242 g/mol. The molecule has 0 N–H and O–H groups in total. The zero-order chi connectivity index (χ0) is 11.6. The summed E-state index contributed by atoms with van der Waals surface area (Å²) in [6.45, 7) is 3.57. The molecule has 0 rings (SSSR count). The summed E-state index contributed by atoms with van der Waals surface area (Å²) in [5.74, 6) is -1.03. The number of sulfone groups is 2. The van der Waals surface area contributed by atoms with E-state index in [-0.39, 0.29) is 12.0 Å². The first-order valence-corrected chi connectivity index (χ1v) is 7.31. The van der Waals surface area contributed by atoms with Crippen molar-refractivity contribution < 1.29 is 21.6 Å². The van der Waals surface area contributed by atoms with Crippen LogP contribution in [-0.4, -0.2) is 38.7 Å². The number of hydrogen-bond acceptors (Lipinski definition) is 5. The van der Waals surface area contributed by atoms with Gasteiger partial charge < -0.3 is 4.79 Å². The van der Waals surface area contributed by atoms with Gasteiger partial charge in [0.25, 0.3) is 0 Å². The Labute approximate surface area is 84.3 Å². The van der Waals surface area contributed by atoms with Gasteiger partial charge in [-0.2, -0.15) is 0 Å². The van der Waals surface area contributed by atoms with Crippen molar-refractivity contribution in [1.29, 1.82) is 0 Å². The first kappa shape index (κ1) is 13.6. The standard InChI is InChI=1S/C7H14O5S2/c1-4-13(9,10)7(2,3)14(11,12)6-5-8/h5H,4,6H2,1-3H3. The molecule has 0 heterocycles. The lowest BCUT2D eigenvalue weighted by Crippen LogP contribution is -2.43. The van der Waals surface area contributed by atoms with Crippen molar-refractivity contribution in [2.24, 2.45) is 0 Å². The van der Waals surface area contributed by atoms with E-state index >= 15 is 0 Å². The van der Waals surface area contributed by atoms with Crippen molar-refractivity contribution in [1.82, 2.24) is 0 Å². The highest BCUT2D eigenvalue weighted by molar-refractivity contribution is 8.10. The quantitative estimate of drug-likeness (QED) is 0.622. The molecule has 0 saturated carbocycles. The molecule has 0 aliphatic heterocycles. The molecule has 0 aromatic heterocycles. The minimum absolute atomic E-state index is 0.197. The Balaban J connectivity index is 5.49. The average Bonchev–Trinajstić information content (AvgIpc) is 2.03. The summed E-state index contributed by atoms with van der Waals surface area (Å²) in [4.78, 5) is 10.1. The molecule has 7 heteroatoms. The highest BCUT2D eigenvalue weighted by Gasteiger charge is 2.44. The second-order valence-corrected chi connectivity index (χ2v) is 8.92. The zero-order valence-corrected chi connectivity index (χ0v) is 9.98. The second-order valence-electron chi connectivity index (χ2n) is 3.25. The molecular formula is C7H14O5S2. The fraction of sp³-hybridized carbons (Fsp3) is 0.857. The van der Waals surface area contributed by atoms with Crippen LogP contribution in [0.25, 0.3) is 0 Å². The molecule has 0 saturated heterocycles. The Kier molecular flexibility index (Phi) is 3.85. The van der Waals surface area contributed by atoms with Crippen molar-refractivity contribution in [3.05, 3.63) is 0 Å². The molecule has 0 atom stereocenters. The Morgan fingerprint density at radius 2 is 1.50 bits per heavy atom. The van der Waals surface area contributed by atoms with Crippen LogP contribution in [0.1, 0.15) is 20.8 Å². The number of carbonyl (C=O) groups is 1. The molecule has 0 amide bonds. The predicted molar refractivity (Wildman–Crippen MR) is 53.4 cm³/mol. The van der Waals surface area contributed by atoms with Gasteiger partial charge in [-0.05, 0) is 13.8 Å². The lowest BCUT2D eigenvalue weighted by molar-refractivity contribution is -0.105. The van der Waals surface area contributed by atoms with E-state index in [2.05, 4.69) is 0 Å². The summed E-state index contributed by atoms with van der Waals surface area (Å²) in [5, 5.41) is 0. The SMILES string of the molecule is CCS(=O)(=O)C(C)(C)S(=O)(=O)CC=O. The largest absolute Gasteiger partial charge is 0.302 e. The topological polar surface area (TPSA) is 85.3 Å². The lowest BCUT2D eigenvalue weighted by Gasteiger charge is -2.22. The Morgan fingerprint density at radius 3 is 1.79 bits per heavy atom. The fourth-order valence-corrected chi connectivity index (χ4v) is 4.21. The summed E-state index contributed by atoms with van der Waals surface area (Å²) >= 11 is 0. The van der Waals surface area contributed by atoms with Crippen LogP contribution >= 0.6 is 0 Å². The minimum atomic E-state index is -3.94. The highest BCUT2D eigenvalue weighted by atomic mass is 32.3. The molecule has 0 aromatic carbocycles. The molecule has 0 radical (unpaired) electrons. The van der Waals surface area contributed by atoms with Crippen LogP contribution in [0.15, 0.2) is 0 Å². The Morgan fingerprint density at radius 1 is 1.07 bits per heavy atom. The Bertz CT molecular complexity index is 401. The second kappa shape index (κ2) is 3.98. The lowest BCUT2D eigenvalue weighted by atomic mass is 10.5. The van der Waals surface area contributed by atoms with Crippen molar-refractivity contribution in [3.63, 3.8) is 0 Å². The van der Waals surface area contributed by atoms with Gasteiger partial charge in [-0.1, -0.05) is 6.92 Å². The van der Waals surface area contributed by atoms with Gasteiger partial charge in [0.05, 0.1) is 0 Å². The predicted octanol–water partition coefficient (Wildman–Crippen LogP) is -0.229. The van der Waals surface area contributed by atoms with E-state index < -0.39 is 29.5 Å². The van der Waals surface area contributed by atoms with Crippen LogP contribution in [0.2, 0.25) is 0 Å². The molecule has 0 unspecified atom stereocenters. The van der Waals surface area contributed by atoms with Crippen molar-refractivity contribution >= 4 is 26.0 Å². The van der Waals surface area contributed by atoms with Crippen LogP contribution in [0, 0.1) is 0 Å². The van der Waals surface area contributed by atoms with Gasteiger partial charge in [0, 0.05) is 5.75 Å². The van der Waals surface area contributed by atoms with Crippen LogP contribution in [0.4, 0.5) is 0 Å². The minimum Gasteiger partial charge on any atom is -0.302 e. The molecule has 5 nitrogen and oxygen atoms in total. The normalized spacial score (nSPS) is 13.9. The maximum absolute atomic E-state index is 11.4. The number of rotatable bonds is 5. The van der Waals surface area contributed by atoms with Gasteiger partial charge in [0.1, 0.15) is 12.0 Å². The van der Waals surface area contributed by atoms with E-state index in [0.717, 1.165) is 13.8 Å². The maximum Gasteiger partial charge on any atom is 0.176 e. The summed E-state index contributed by atoms with van der Waals surface area (Å²) in [6, 6.07) is 0. The third-order valence-electron chi connectivity index (χ3n) is 2.17. The first-order valence-electron chi connectivity index (χ1n) is 4.00. The third kappa shape index (κ3) is 2.14. The molecule has 0 aromatic rings. The van der Waals surface area contributed by atoms with Gasteiger partial charge in [-0.15, -0.1) is 0 Å². The van der Waals surface area contributed by atoms with E-state index in [1.54, 1.807) is 0 Å². The molecule has 0 spiro atoms. The van der Waals surface area contributed by atoms with Crippen LogP contribution < -0.4 is 0 Å². The molecular weight excluding hydrogens is 228 g/mol.